The van der Waals surface area contributed by atoms with Gasteiger partial charge < -0.3 is 14.6 Å². The molecule has 0 saturated heterocycles. The van der Waals surface area contributed by atoms with Crippen molar-refractivity contribution in [3.8, 4) is 5.75 Å². The smallest absolute Gasteiger partial charge is 0.123 e. The van der Waals surface area contributed by atoms with Gasteiger partial charge in [0.25, 0.3) is 0 Å². The number of fused-ring (bicyclic) bond motifs is 3. The van der Waals surface area contributed by atoms with E-state index in [1.807, 2.05) is 6.07 Å². The Morgan fingerprint density at radius 3 is 2.48 bits per heavy atom. The predicted octanol–water partition coefficient (Wildman–Crippen LogP) is 5.12. The average molecular weight is 410 g/mol. The number of unbranched alkanes of at least 4 members (excludes halogenated alkanes) is 2. The normalized spacial score (nSPS) is 12.8. The topological polar surface area (TPSA) is 26.2 Å². The van der Waals surface area contributed by atoms with Gasteiger partial charge in [-0.2, -0.15) is 0 Å². The lowest BCUT2D eigenvalue weighted by molar-refractivity contribution is 0.303. The van der Waals surface area contributed by atoms with Crippen molar-refractivity contribution in [3.63, 3.8) is 0 Å². The minimum Gasteiger partial charge on any atom is -0.494 e. The van der Waals surface area contributed by atoms with E-state index in [1.165, 1.54) is 23.4 Å². The van der Waals surface area contributed by atoms with Gasteiger partial charge in [0.05, 0.1) is 6.61 Å². The van der Waals surface area contributed by atoms with E-state index in [4.69, 9.17) is 4.74 Å². The molecule has 1 N–H and O–H groups in total. The third-order valence-corrected chi connectivity index (χ3v) is 5.20. The molecule has 158 valence electrons. The van der Waals surface area contributed by atoms with E-state index in [2.05, 4.69) is 9.88 Å². The van der Waals surface area contributed by atoms with Crippen LogP contribution in [0, 0.1) is 11.6 Å². The molecular formula is C22H26F4N2O. The number of nitrogens with zero attached hydrogens (tertiary/aromatic N) is 1. The van der Waals surface area contributed by atoms with Gasteiger partial charge in [-0.05, 0) is 67.3 Å². The van der Waals surface area contributed by atoms with Crippen molar-refractivity contribution in [3.05, 3.63) is 65.4 Å². The molecular weight excluding hydrogens is 384 g/mol. The molecule has 0 amide bonds. The van der Waals surface area contributed by atoms with Gasteiger partial charge in [0.1, 0.15) is 17.4 Å². The minimum absolute atomic E-state index is 0. The number of ether oxygens (including phenoxy) is 1. The van der Waals surface area contributed by atoms with Crippen LogP contribution in [0.3, 0.4) is 0 Å². The number of nitrogens with one attached hydrogen (secondary N) is 1. The first kappa shape index (κ1) is 22.7. The van der Waals surface area contributed by atoms with Crippen LogP contribution < -0.4 is 10.1 Å². The highest BCUT2D eigenvalue weighted by Crippen LogP contribution is 2.29. The van der Waals surface area contributed by atoms with Gasteiger partial charge in [0.2, 0.25) is 0 Å². The Morgan fingerprint density at radius 1 is 0.931 bits per heavy atom. The molecule has 0 fully saturated rings. The fourth-order valence-corrected chi connectivity index (χ4v) is 3.88. The highest BCUT2D eigenvalue weighted by Gasteiger charge is 2.19. The summed E-state index contributed by atoms with van der Waals surface area (Å²) in [6.07, 6.45) is 4.04. The maximum absolute atomic E-state index is 13.7. The van der Waals surface area contributed by atoms with Crippen molar-refractivity contribution < 1.29 is 22.9 Å². The standard InChI is InChI=1S/C22H24F2N2O.2FH/c23-16-4-7-18(8-5-16)27-13-3-1-2-12-26-21-9-6-17(24)14-19(21)20-15-25-11-10-22(20)26;;/h4-9,14,25H,1-3,10-13,15H2;2*1H. The van der Waals surface area contributed by atoms with E-state index in [0.29, 0.717) is 12.4 Å². The maximum Gasteiger partial charge on any atom is 0.123 e. The van der Waals surface area contributed by atoms with E-state index in [0.717, 1.165) is 56.2 Å². The molecule has 2 heterocycles. The van der Waals surface area contributed by atoms with Crippen LogP contribution in [0.25, 0.3) is 10.9 Å². The molecule has 29 heavy (non-hydrogen) atoms. The molecule has 1 aliphatic rings. The number of aromatic nitrogens is 1. The Morgan fingerprint density at radius 2 is 1.69 bits per heavy atom. The summed E-state index contributed by atoms with van der Waals surface area (Å²) in [6, 6.07) is 11.2. The molecule has 2 aromatic carbocycles. The first-order chi connectivity index (χ1) is 13.2. The summed E-state index contributed by atoms with van der Waals surface area (Å²) in [7, 11) is 0. The SMILES string of the molecule is F.F.Fc1ccc(OCCCCCn2c3c(c4cc(F)ccc42)CNCC3)cc1. The van der Waals surface area contributed by atoms with Crippen LogP contribution in [-0.4, -0.2) is 17.7 Å². The van der Waals surface area contributed by atoms with Crippen LogP contribution in [-0.2, 0) is 19.5 Å². The summed E-state index contributed by atoms with van der Waals surface area (Å²) < 4.78 is 34.6. The lowest BCUT2D eigenvalue weighted by Crippen LogP contribution is -2.24. The number of aryl methyl sites for hydroxylation is 1. The van der Waals surface area contributed by atoms with Crippen LogP contribution in [0.1, 0.15) is 30.5 Å². The average Bonchev–Trinajstić information content (AvgIpc) is 2.99. The minimum atomic E-state index is -0.250. The van der Waals surface area contributed by atoms with Crippen LogP contribution in [0.4, 0.5) is 18.2 Å². The molecule has 0 spiro atoms. The molecule has 3 nitrogen and oxygen atoms in total. The lowest BCUT2D eigenvalue weighted by atomic mass is 10.1. The van der Waals surface area contributed by atoms with Gasteiger partial charge in [-0.25, -0.2) is 8.78 Å². The van der Waals surface area contributed by atoms with Crippen molar-refractivity contribution in [2.45, 2.75) is 38.8 Å². The molecule has 4 rings (SSSR count). The first-order valence-electron chi connectivity index (χ1n) is 9.61. The highest BCUT2D eigenvalue weighted by atomic mass is 19.1. The highest BCUT2D eigenvalue weighted by molar-refractivity contribution is 5.86. The molecule has 0 saturated carbocycles. The van der Waals surface area contributed by atoms with Gasteiger partial charge in [0, 0.05) is 42.7 Å². The molecule has 1 aliphatic heterocycles. The molecule has 7 heteroatoms. The summed E-state index contributed by atoms with van der Waals surface area (Å²) in [4.78, 5) is 0. The fourth-order valence-electron chi connectivity index (χ4n) is 3.88. The monoisotopic (exact) mass is 410 g/mol. The van der Waals surface area contributed by atoms with Crippen molar-refractivity contribution in [2.24, 2.45) is 0 Å². The van der Waals surface area contributed by atoms with Crippen molar-refractivity contribution in [1.82, 2.24) is 9.88 Å². The first-order valence-corrected chi connectivity index (χ1v) is 9.61. The van der Waals surface area contributed by atoms with Gasteiger partial charge in [0.15, 0.2) is 0 Å². The molecule has 0 atom stereocenters. The molecule has 0 radical (unpaired) electrons. The molecule has 1 aromatic heterocycles. The van der Waals surface area contributed by atoms with Gasteiger partial charge in [-0.1, -0.05) is 0 Å². The van der Waals surface area contributed by atoms with Crippen LogP contribution in [0.15, 0.2) is 42.5 Å². The Bertz CT molecular complexity index is 925. The number of rotatable bonds is 7. The van der Waals surface area contributed by atoms with Crippen LogP contribution in [0.2, 0.25) is 0 Å². The Hall–Kier alpha value is -2.54. The Labute approximate surface area is 167 Å². The molecule has 0 bridgehead atoms. The van der Waals surface area contributed by atoms with Crippen molar-refractivity contribution >= 4 is 10.9 Å². The zero-order valence-corrected chi connectivity index (χ0v) is 16.1. The third kappa shape index (κ3) is 5.09. The van der Waals surface area contributed by atoms with Gasteiger partial charge in [-0.3, -0.25) is 9.41 Å². The number of benzene rings is 2. The predicted molar refractivity (Wildman–Crippen MR) is 108 cm³/mol. The Kier molecular flexibility index (Phi) is 8.08. The van der Waals surface area contributed by atoms with Gasteiger partial charge in [-0.15, -0.1) is 0 Å². The zero-order chi connectivity index (χ0) is 18.6. The molecule has 3 aromatic rings. The second-order valence-corrected chi connectivity index (χ2v) is 7.03. The number of halogens is 4. The summed E-state index contributed by atoms with van der Waals surface area (Å²) in [5, 5.41) is 4.43. The third-order valence-electron chi connectivity index (χ3n) is 5.20. The zero-order valence-electron chi connectivity index (χ0n) is 16.1. The summed E-state index contributed by atoms with van der Waals surface area (Å²) in [5.41, 5.74) is 3.72. The maximum atomic E-state index is 13.7. The Balaban J connectivity index is 0.00000150. The fraction of sp³-hybridized carbons (Fsp3) is 0.364. The molecule has 0 aliphatic carbocycles. The second kappa shape index (κ2) is 10.3. The largest absolute Gasteiger partial charge is 0.494 e. The summed E-state index contributed by atoms with van der Waals surface area (Å²) in [5.74, 6) is 0.280. The number of hydrogen-bond acceptors (Lipinski definition) is 2. The van der Waals surface area contributed by atoms with Crippen LogP contribution >= 0.6 is 0 Å². The van der Waals surface area contributed by atoms with Crippen molar-refractivity contribution in [1.29, 1.82) is 0 Å². The van der Waals surface area contributed by atoms with E-state index >= 15 is 0 Å². The number of hydrogen-bond donors (Lipinski definition) is 1. The van der Waals surface area contributed by atoms with E-state index in [9.17, 15) is 8.78 Å². The van der Waals surface area contributed by atoms with E-state index < -0.39 is 0 Å². The molecule has 0 unspecified atom stereocenters. The summed E-state index contributed by atoms with van der Waals surface area (Å²) in [6.45, 7) is 3.35. The summed E-state index contributed by atoms with van der Waals surface area (Å²) >= 11 is 0. The van der Waals surface area contributed by atoms with Crippen molar-refractivity contribution in [2.75, 3.05) is 13.2 Å². The quantitative estimate of drug-likeness (QED) is 0.432. The van der Waals surface area contributed by atoms with Gasteiger partial charge >= 0.3 is 0 Å². The second-order valence-electron chi connectivity index (χ2n) is 7.03. The van der Waals surface area contributed by atoms with E-state index in [-0.39, 0.29) is 21.0 Å². The lowest BCUT2D eigenvalue weighted by Gasteiger charge is -2.17. The van der Waals surface area contributed by atoms with Crippen LogP contribution in [0.5, 0.6) is 5.75 Å². The van der Waals surface area contributed by atoms with E-state index in [1.54, 1.807) is 24.3 Å².